The molecule has 5 heteroatoms. The van der Waals surface area contributed by atoms with Crippen LogP contribution in [0.2, 0.25) is 0 Å². The third kappa shape index (κ3) is 3.38. The summed E-state index contributed by atoms with van der Waals surface area (Å²) >= 11 is 0. The maximum atomic E-state index is 4.43. The van der Waals surface area contributed by atoms with E-state index in [9.17, 15) is 0 Å². The normalized spacial score (nSPS) is 10.3. The van der Waals surface area contributed by atoms with E-state index in [0.29, 0.717) is 11.8 Å². The molecular weight excluding hydrogens is 274 g/mol. The predicted molar refractivity (Wildman–Crippen MR) is 88.8 cm³/mol. The van der Waals surface area contributed by atoms with Crippen molar-refractivity contribution in [2.45, 2.75) is 13.8 Å². The van der Waals surface area contributed by atoms with Gasteiger partial charge in [0.2, 0.25) is 5.95 Å². The average molecular weight is 291 g/mol. The molecule has 2 aromatic carbocycles. The Morgan fingerprint density at radius 2 is 1.73 bits per heavy atom. The summed E-state index contributed by atoms with van der Waals surface area (Å²) in [5.41, 5.74) is 4.33. The topological polar surface area (TPSA) is 62.7 Å². The van der Waals surface area contributed by atoms with Gasteiger partial charge in [-0.15, -0.1) is 5.10 Å². The van der Waals surface area contributed by atoms with Gasteiger partial charge in [0.25, 0.3) is 0 Å². The van der Waals surface area contributed by atoms with Crippen molar-refractivity contribution >= 4 is 23.1 Å². The minimum atomic E-state index is 0.459. The maximum absolute atomic E-state index is 4.43. The summed E-state index contributed by atoms with van der Waals surface area (Å²) in [6, 6.07) is 16.0. The second-order valence-corrected chi connectivity index (χ2v) is 5.10. The van der Waals surface area contributed by atoms with Crippen molar-refractivity contribution < 1.29 is 0 Å². The van der Waals surface area contributed by atoms with Crippen LogP contribution in [0, 0.1) is 13.8 Å². The van der Waals surface area contributed by atoms with Crippen LogP contribution in [0.25, 0.3) is 0 Å². The highest BCUT2D eigenvalue weighted by atomic mass is 15.3. The quantitative estimate of drug-likeness (QED) is 0.761. The monoisotopic (exact) mass is 291 g/mol. The van der Waals surface area contributed by atoms with E-state index in [0.717, 1.165) is 16.9 Å². The van der Waals surface area contributed by atoms with E-state index >= 15 is 0 Å². The van der Waals surface area contributed by atoms with Crippen LogP contribution in [0.4, 0.5) is 23.1 Å². The van der Waals surface area contributed by atoms with Crippen molar-refractivity contribution in [1.29, 1.82) is 0 Å². The lowest BCUT2D eigenvalue weighted by Crippen LogP contribution is -2.03. The van der Waals surface area contributed by atoms with Gasteiger partial charge in [-0.2, -0.15) is 10.1 Å². The van der Waals surface area contributed by atoms with Gasteiger partial charge in [0, 0.05) is 11.4 Å². The molecule has 3 rings (SSSR count). The van der Waals surface area contributed by atoms with Crippen molar-refractivity contribution in [3.63, 3.8) is 0 Å². The second kappa shape index (κ2) is 6.22. The van der Waals surface area contributed by atoms with E-state index in [1.54, 1.807) is 6.20 Å². The molecule has 2 N–H and O–H groups in total. The molecule has 0 atom stereocenters. The molecule has 1 heterocycles. The number of para-hydroxylation sites is 1. The third-order valence-corrected chi connectivity index (χ3v) is 3.23. The molecule has 0 spiro atoms. The van der Waals surface area contributed by atoms with Crippen LogP contribution in [-0.2, 0) is 0 Å². The molecule has 0 amide bonds. The number of nitrogens with one attached hydrogen (secondary N) is 2. The molecule has 5 nitrogen and oxygen atoms in total. The van der Waals surface area contributed by atoms with E-state index in [1.165, 1.54) is 5.56 Å². The summed E-state index contributed by atoms with van der Waals surface area (Å²) in [7, 11) is 0. The van der Waals surface area contributed by atoms with Crippen molar-refractivity contribution in [2.24, 2.45) is 0 Å². The van der Waals surface area contributed by atoms with Crippen LogP contribution in [0.15, 0.2) is 54.7 Å². The van der Waals surface area contributed by atoms with Crippen LogP contribution in [0.5, 0.6) is 0 Å². The maximum Gasteiger partial charge on any atom is 0.249 e. The van der Waals surface area contributed by atoms with Crippen molar-refractivity contribution in [3.8, 4) is 0 Å². The Balaban J connectivity index is 1.79. The third-order valence-electron chi connectivity index (χ3n) is 3.23. The van der Waals surface area contributed by atoms with Crippen LogP contribution in [-0.4, -0.2) is 15.2 Å². The SMILES string of the molecule is Cc1ccc(Nc2cnnc(Nc3ccccc3)n2)c(C)c1. The van der Waals surface area contributed by atoms with E-state index in [1.807, 2.05) is 36.4 Å². The van der Waals surface area contributed by atoms with E-state index in [-0.39, 0.29) is 0 Å². The van der Waals surface area contributed by atoms with E-state index in [4.69, 9.17) is 0 Å². The highest BCUT2D eigenvalue weighted by molar-refractivity contribution is 5.61. The zero-order valence-electron chi connectivity index (χ0n) is 12.5. The molecule has 0 bridgehead atoms. The van der Waals surface area contributed by atoms with Crippen molar-refractivity contribution in [1.82, 2.24) is 15.2 Å². The van der Waals surface area contributed by atoms with Gasteiger partial charge in [0.05, 0.1) is 6.20 Å². The lowest BCUT2D eigenvalue weighted by Gasteiger charge is -2.10. The zero-order valence-corrected chi connectivity index (χ0v) is 12.5. The summed E-state index contributed by atoms with van der Waals surface area (Å²) < 4.78 is 0. The smallest absolute Gasteiger partial charge is 0.249 e. The number of aryl methyl sites for hydroxylation is 2. The molecule has 0 aliphatic carbocycles. The fourth-order valence-electron chi connectivity index (χ4n) is 2.16. The van der Waals surface area contributed by atoms with Crippen LogP contribution in [0.1, 0.15) is 11.1 Å². The predicted octanol–water partition coefficient (Wildman–Crippen LogP) is 3.98. The van der Waals surface area contributed by atoms with Gasteiger partial charge in [0.15, 0.2) is 5.82 Å². The molecule has 3 aromatic rings. The summed E-state index contributed by atoms with van der Waals surface area (Å²) in [6.07, 6.45) is 1.61. The van der Waals surface area contributed by atoms with Gasteiger partial charge in [-0.05, 0) is 37.6 Å². The minimum absolute atomic E-state index is 0.459. The molecule has 22 heavy (non-hydrogen) atoms. The number of rotatable bonds is 4. The Labute approximate surface area is 129 Å². The zero-order chi connectivity index (χ0) is 15.4. The molecule has 0 aliphatic rings. The minimum Gasteiger partial charge on any atom is -0.339 e. The van der Waals surface area contributed by atoms with Crippen LogP contribution < -0.4 is 10.6 Å². The fraction of sp³-hybridized carbons (Fsp3) is 0.118. The first-order valence-corrected chi connectivity index (χ1v) is 7.07. The molecule has 1 aromatic heterocycles. The second-order valence-electron chi connectivity index (χ2n) is 5.10. The van der Waals surface area contributed by atoms with Gasteiger partial charge in [-0.3, -0.25) is 0 Å². The Morgan fingerprint density at radius 1 is 0.909 bits per heavy atom. The number of benzene rings is 2. The molecular formula is C17H17N5. The summed E-state index contributed by atoms with van der Waals surface area (Å²) in [5.74, 6) is 1.11. The average Bonchev–Trinajstić information content (AvgIpc) is 2.52. The molecule has 0 radical (unpaired) electrons. The summed E-state index contributed by atoms with van der Waals surface area (Å²) in [6.45, 7) is 4.14. The van der Waals surface area contributed by atoms with Gasteiger partial charge >= 0.3 is 0 Å². The first-order valence-electron chi connectivity index (χ1n) is 7.07. The molecule has 0 saturated heterocycles. The van der Waals surface area contributed by atoms with Gasteiger partial charge in [-0.1, -0.05) is 35.9 Å². The van der Waals surface area contributed by atoms with Crippen LogP contribution in [0.3, 0.4) is 0 Å². The largest absolute Gasteiger partial charge is 0.339 e. The summed E-state index contributed by atoms with van der Waals surface area (Å²) in [5, 5.41) is 14.4. The van der Waals surface area contributed by atoms with Gasteiger partial charge in [0.1, 0.15) is 0 Å². The standard InChI is InChI=1S/C17H17N5/c1-12-8-9-15(13(2)10-12)20-16-11-18-22-17(21-16)19-14-6-4-3-5-7-14/h3-11H,1-2H3,(H2,19,20,21,22). The molecule has 0 fully saturated rings. The Morgan fingerprint density at radius 3 is 2.50 bits per heavy atom. The van der Waals surface area contributed by atoms with Gasteiger partial charge < -0.3 is 10.6 Å². The number of aromatic nitrogens is 3. The summed E-state index contributed by atoms with van der Waals surface area (Å²) in [4.78, 5) is 4.43. The lowest BCUT2D eigenvalue weighted by molar-refractivity contribution is 0.982. The number of anilines is 4. The lowest BCUT2D eigenvalue weighted by atomic mass is 10.1. The molecule has 0 aliphatic heterocycles. The van der Waals surface area contributed by atoms with E-state index in [2.05, 4.69) is 51.8 Å². The highest BCUT2D eigenvalue weighted by Gasteiger charge is 2.04. The number of hydrogen-bond acceptors (Lipinski definition) is 5. The fourth-order valence-corrected chi connectivity index (χ4v) is 2.16. The Kier molecular flexibility index (Phi) is 3.96. The van der Waals surface area contributed by atoms with Crippen LogP contribution >= 0.6 is 0 Å². The molecule has 0 saturated carbocycles. The van der Waals surface area contributed by atoms with E-state index < -0.39 is 0 Å². The molecule has 0 unspecified atom stereocenters. The van der Waals surface area contributed by atoms with Crippen molar-refractivity contribution in [3.05, 3.63) is 65.9 Å². The highest BCUT2D eigenvalue weighted by Crippen LogP contribution is 2.20. The Bertz CT molecular complexity index is 771. The van der Waals surface area contributed by atoms with Crippen molar-refractivity contribution in [2.75, 3.05) is 10.6 Å². The number of nitrogens with zero attached hydrogens (tertiary/aromatic N) is 3. The molecule has 110 valence electrons. The Hall–Kier alpha value is -2.95. The van der Waals surface area contributed by atoms with Gasteiger partial charge in [-0.25, -0.2) is 0 Å². The first kappa shape index (κ1) is 14.0. The number of hydrogen-bond donors (Lipinski definition) is 2. The first-order chi connectivity index (χ1) is 10.7.